The normalized spacial score (nSPS) is 12.6. The van der Waals surface area contributed by atoms with Crippen molar-refractivity contribution in [2.45, 2.75) is 26.8 Å². The monoisotopic (exact) mass is 307 g/mol. The number of hydrogen-bond donors (Lipinski definition) is 1. The number of aryl methyl sites for hydroxylation is 1. The number of likely N-dealkylation sites (N-methyl/N-ethyl adjacent to an activating group) is 1. The van der Waals surface area contributed by atoms with E-state index in [-0.39, 0.29) is 11.9 Å². The Bertz CT molecular complexity index is 654. The second kappa shape index (κ2) is 6.41. The van der Waals surface area contributed by atoms with Crippen molar-refractivity contribution in [1.82, 2.24) is 9.88 Å². The first-order chi connectivity index (χ1) is 9.99. The number of nitrogens with two attached hydrogens (primary N) is 1. The molecule has 0 aliphatic heterocycles. The molecule has 0 aliphatic carbocycles. The number of fused-ring (bicyclic) bond motifs is 1. The fourth-order valence-corrected chi connectivity index (χ4v) is 3.46. The van der Waals surface area contributed by atoms with Crippen LogP contribution in [0, 0.1) is 6.92 Å². The van der Waals surface area contributed by atoms with Gasteiger partial charge in [-0.15, -0.1) is 11.3 Å². The van der Waals surface area contributed by atoms with Crippen LogP contribution in [0.25, 0.3) is 10.2 Å². The molecule has 1 atom stereocenters. The van der Waals surface area contributed by atoms with Gasteiger partial charge in [0.25, 0.3) is 5.91 Å². The van der Waals surface area contributed by atoms with Crippen LogP contribution in [0.15, 0.2) is 12.1 Å². The Labute approximate surface area is 128 Å². The van der Waals surface area contributed by atoms with Crippen LogP contribution in [0.5, 0.6) is 0 Å². The van der Waals surface area contributed by atoms with Crippen LogP contribution in [0.3, 0.4) is 0 Å². The number of rotatable bonds is 5. The topological polar surface area (TPSA) is 68.5 Å². The van der Waals surface area contributed by atoms with Crippen LogP contribution in [0.1, 0.15) is 29.2 Å². The van der Waals surface area contributed by atoms with Gasteiger partial charge >= 0.3 is 0 Å². The summed E-state index contributed by atoms with van der Waals surface area (Å²) < 4.78 is 5.14. The maximum atomic E-state index is 12.7. The number of methoxy groups -OCH3 is 1. The summed E-state index contributed by atoms with van der Waals surface area (Å²) in [6.45, 7) is 6.97. The summed E-state index contributed by atoms with van der Waals surface area (Å²) in [5.41, 5.74) is 7.59. The highest BCUT2D eigenvalue weighted by molar-refractivity contribution is 7.21. The molecule has 0 fully saturated rings. The number of thiophene rings is 1. The average molecular weight is 307 g/mol. The van der Waals surface area contributed by atoms with Crippen molar-refractivity contribution in [3.63, 3.8) is 0 Å². The Morgan fingerprint density at radius 2 is 2.24 bits per heavy atom. The van der Waals surface area contributed by atoms with Crippen molar-refractivity contribution >= 4 is 33.1 Å². The summed E-state index contributed by atoms with van der Waals surface area (Å²) >= 11 is 1.36. The fraction of sp³-hybridized carbons (Fsp3) is 0.467. The van der Waals surface area contributed by atoms with Crippen molar-refractivity contribution < 1.29 is 9.53 Å². The second-order valence-electron chi connectivity index (χ2n) is 5.05. The molecule has 0 aromatic carbocycles. The van der Waals surface area contributed by atoms with Crippen LogP contribution >= 0.6 is 11.3 Å². The molecule has 0 spiro atoms. The van der Waals surface area contributed by atoms with Crippen molar-refractivity contribution in [3.8, 4) is 0 Å². The highest BCUT2D eigenvalue weighted by Crippen LogP contribution is 2.33. The maximum Gasteiger partial charge on any atom is 0.266 e. The lowest BCUT2D eigenvalue weighted by Gasteiger charge is -2.27. The number of anilines is 1. The number of aromatic nitrogens is 1. The predicted molar refractivity (Wildman–Crippen MR) is 86.8 cm³/mol. The zero-order valence-corrected chi connectivity index (χ0v) is 13.7. The number of nitrogens with zero attached hydrogens (tertiary/aromatic N) is 2. The first-order valence-corrected chi connectivity index (χ1v) is 7.76. The largest absolute Gasteiger partial charge is 0.397 e. The minimum atomic E-state index is -0.0554. The summed E-state index contributed by atoms with van der Waals surface area (Å²) in [5.74, 6) is -0.0554. The van der Waals surface area contributed by atoms with Crippen molar-refractivity contribution in [2.75, 3.05) is 26.0 Å². The standard InChI is InChI=1S/C15H21N3O2S/c1-5-18(10(3)8-20-4)15(19)13-12(16)11-7-6-9(2)17-14(11)21-13/h6-7,10H,5,8,16H2,1-4H3. The molecule has 2 heterocycles. The van der Waals surface area contributed by atoms with Gasteiger partial charge in [0.1, 0.15) is 9.71 Å². The molecular formula is C15H21N3O2S. The smallest absolute Gasteiger partial charge is 0.266 e. The van der Waals surface area contributed by atoms with E-state index in [1.54, 1.807) is 12.0 Å². The zero-order valence-electron chi connectivity index (χ0n) is 12.8. The Morgan fingerprint density at radius 1 is 1.52 bits per heavy atom. The minimum Gasteiger partial charge on any atom is -0.397 e. The van der Waals surface area contributed by atoms with E-state index in [2.05, 4.69) is 4.98 Å². The van der Waals surface area contributed by atoms with Crippen LogP contribution in [-0.4, -0.2) is 42.1 Å². The third-order valence-electron chi connectivity index (χ3n) is 3.47. The molecule has 1 amide bonds. The van der Waals surface area contributed by atoms with Gasteiger partial charge < -0.3 is 15.4 Å². The van der Waals surface area contributed by atoms with Gasteiger partial charge in [0.05, 0.1) is 18.3 Å². The van der Waals surface area contributed by atoms with Gasteiger partial charge in [-0.05, 0) is 32.9 Å². The molecule has 114 valence electrons. The summed E-state index contributed by atoms with van der Waals surface area (Å²) in [6.07, 6.45) is 0. The lowest BCUT2D eigenvalue weighted by atomic mass is 10.2. The zero-order chi connectivity index (χ0) is 15.6. The first kappa shape index (κ1) is 15.7. The number of hydrogen-bond acceptors (Lipinski definition) is 5. The molecule has 0 aliphatic rings. The Hall–Kier alpha value is -1.66. The van der Waals surface area contributed by atoms with E-state index in [1.807, 2.05) is 32.9 Å². The molecular weight excluding hydrogens is 286 g/mol. The fourth-order valence-electron chi connectivity index (χ4n) is 2.37. The molecule has 2 aromatic rings. The van der Waals surface area contributed by atoms with Crippen LogP contribution in [0.4, 0.5) is 5.69 Å². The minimum absolute atomic E-state index is 0.00630. The summed E-state index contributed by atoms with van der Waals surface area (Å²) in [4.78, 5) is 20.3. The Balaban J connectivity index is 2.40. The lowest BCUT2D eigenvalue weighted by molar-refractivity contribution is 0.0585. The van der Waals surface area contributed by atoms with Gasteiger partial charge in [0.15, 0.2) is 0 Å². The van der Waals surface area contributed by atoms with E-state index in [1.165, 1.54) is 11.3 Å². The summed E-state index contributed by atoms with van der Waals surface area (Å²) in [7, 11) is 1.63. The average Bonchev–Trinajstić information content (AvgIpc) is 2.76. The molecule has 0 saturated heterocycles. The molecule has 0 saturated carbocycles. The number of carbonyl (C=O) groups is 1. The Morgan fingerprint density at radius 3 is 2.86 bits per heavy atom. The van der Waals surface area contributed by atoms with Crippen LogP contribution in [0.2, 0.25) is 0 Å². The van der Waals surface area contributed by atoms with Gasteiger partial charge in [-0.2, -0.15) is 0 Å². The molecule has 2 N–H and O–H groups in total. The van der Waals surface area contributed by atoms with Crippen molar-refractivity contribution in [3.05, 3.63) is 22.7 Å². The number of ether oxygens (including phenoxy) is 1. The van der Waals surface area contributed by atoms with E-state index < -0.39 is 0 Å². The molecule has 2 rings (SSSR count). The van der Waals surface area contributed by atoms with Crippen molar-refractivity contribution in [1.29, 1.82) is 0 Å². The Kier molecular flexibility index (Phi) is 4.80. The van der Waals surface area contributed by atoms with Gasteiger partial charge in [-0.25, -0.2) is 4.98 Å². The van der Waals surface area contributed by atoms with Gasteiger partial charge in [-0.3, -0.25) is 4.79 Å². The van der Waals surface area contributed by atoms with Crippen LogP contribution in [-0.2, 0) is 4.74 Å². The van der Waals surface area contributed by atoms with E-state index in [4.69, 9.17) is 10.5 Å². The molecule has 6 heteroatoms. The van der Waals surface area contributed by atoms with Gasteiger partial charge in [0, 0.05) is 24.7 Å². The van der Waals surface area contributed by atoms with E-state index in [9.17, 15) is 4.79 Å². The predicted octanol–water partition coefficient (Wildman–Crippen LogP) is 2.68. The van der Waals surface area contributed by atoms with E-state index in [0.717, 1.165) is 15.9 Å². The number of nitrogen functional groups attached to an aromatic ring is 1. The SMILES string of the molecule is CCN(C(=O)c1sc2nc(C)ccc2c1N)C(C)COC. The third-order valence-corrected chi connectivity index (χ3v) is 4.57. The summed E-state index contributed by atoms with van der Waals surface area (Å²) in [5, 5.41) is 0.851. The van der Waals surface area contributed by atoms with Gasteiger partial charge in [0.2, 0.25) is 0 Å². The van der Waals surface area contributed by atoms with Crippen LogP contribution < -0.4 is 5.73 Å². The number of pyridine rings is 1. The number of amides is 1. The van der Waals surface area contributed by atoms with Crippen molar-refractivity contribution in [2.24, 2.45) is 0 Å². The quantitative estimate of drug-likeness (QED) is 0.922. The van der Waals surface area contributed by atoms with E-state index in [0.29, 0.717) is 23.7 Å². The molecule has 5 nitrogen and oxygen atoms in total. The van der Waals surface area contributed by atoms with Gasteiger partial charge in [-0.1, -0.05) is 0 Å². The highest BCUT2D eigenvalue weighted by Gasteiger charge is 2.25. The lowest BCUT2D eigenvalue weighted by Crippen LogP contribution is -2.40. The number of carbonyl (C=O) groups excluding carboxylic acids is 1. The van der Waals surface area contributed by atoms with E-state index >= 15 is 0 Å². The third kappa shape index (κ3) is 3.01. The molecule has 0 radical (unpaired) electrons. The molecule has 21 heavy (non-hydrogen) atoms. The second-order valence-corrected chi connectivity index (χ2v) is 6.04. The highest BCUT2D eigenvalue weighted by atomic mass is 32.1. The maximum absolute atomic E-state index is 12.7. The summed E-state index contributed by atoms with van der Waals surface area (Å²) in [6, 6.07) is 3.84. The molecule has 1 unspecified atom stereocenters. The first-order valence-electron chi connectivity index (χ1n) is 6.95. The molecule has 2 aromatic heterocycles. The molecule has 0 bridgehead atoms.